The number of benzene rings is 3. The molecule has 0 unspecified atom stereocenters. The summed E-state index contributed by atoms with van der Waals surface area (Å²) in [6.45, 7) is 3.40. The molecule has 1 fully saturated rings. The van der Waals surface area contributed by atoms with E-state index in [1.54, 1.807) is 24.3 Å². The molecular weight excluding hydrogens is 576 g/mol. The maximum absolute atomic E-state index is 12.6. The number of nitrogens with two attached hydrogens (primary N) is 1. The topological polar surface area (TPSA) is 156 Å². The van der Waals surface area contributed by atoms with Crippen molar-refractivity contribution in [3.63, 3.8) is 0 Å². The van der Waals surface area contributed by atoms with Crippen molar-refractivity contribution in [1.29, 1.82) is 0 Å². The van der Waals surface area contributed by atoms with E-state index in [2.05, 4.69) is 20.5 Å². The number of piperazine rings is 1. The summed E-state index contributed by atoms with van der Waals surface area (Å²) >= 11 is 0. The normalized spacial score (nSPS) is 13.5. The summed E-state index contributed by atoms with van der Waals surface area (Å²) in [7, 11) is 0. The molecule has 0 spiro atoms. The fraction of sp³-hybridized carbons (Fsp3) is 0.303. The number of aliphatic imine (C=N–C) groups is 1. The zero-order chi connectivity index (χ0) is 31.9. The maximum atomic E-state index is 12.6. The number of hydrogen-bond acceptors (Lipinski definition) is 7. The van der Waals surface area contributed by atoms with Crippen LogP contribution < -0.4 is 16.4 Å². The van der Waals surface area contributed by atoms with Crippen molar-refractivity contribution in [3.05, 3.63) is 102 Å². The highest BCUT2D eigenvalue weighted by molar-refractivity contribution is 5.97. The Morgan fingerprint density at radius 2 is 1.42 bits per heavy atom. The fourth-order valence-electron chi connectivity index (χ4n) is 4.53. The van der Waals surface area contributed by atoms with Gasteiger partial charge in [0.1, 0.15) is 13.2 Å². The van der Waals surface area contributed by atoms with Crippen molar-refractivity contribution >= 4 is 35.5 Å². The van der Waals surface area contributed by atoms with Crippen molar-refractivity contribution in [3.8, 4) is 0 Å². The van der Waals surface area contributed by atoms with Crippen LogP contribution in [0.5, 0.6) is 0 Å². The molecule has 0 saturated carbocycles. The van der Waals surface area contributed by atoms with Gasteiger partial charge in [0.05, 0.1) is 6.42 Å². The number of ether oxygens (including phenoxy) is 2. The number of nitrogens with zero attached hydrogens (tertiary/aromatic N) is 3. The van der Waals surface area contributed by atoms with Gasteiger partial charge >= 0.3 is 12.1 Å². The highest BCUT2D eigenvalue weighted by Crippen LogP contribution is 2.12. The summed E-state index contributed by atoms with van der Waals surface area (Å²) in [5, 5.41) is 5.54. The summed E-state index contributed by atoms with van der Waals surface area (Å²) < 4.78 is 10.4. The minimum absolute atomic E-state index is 0.0456. The van der Waals surface area contributed by atoms with Gasteiger partial charge in [-0.1, -0.05) is 66.7 Å². The molecule has 3 aromatic carbocycles. The number of carbonyl (C=O) groups excluding carboxylic acids is 4. The lowest BCUT2D eigenvalue weighted by Crippen LogP contribution is -2.51. The van der Waals surface area contributed by atoms with Crippen LogP contribution in [0.2, 0.25) is 0 Å². The van der Waals surface area contributed by atoms with Crippen LogP contribution in [0, 0.1) is 0 Å². The first-order valence-corrected chi connectivity index (χ1v) is 14.8. The Kier molecular flexibility index (Phi) is 12.5. The molecule has 12 nitrogen and oxygen atoms in total. The molecule has 45 heavy (non-hydrogen) atoms. The zero-order valence-electron chi connectivity index (χ0n) is 25.0. The Labute approximate surface area is 262 Å². The van der Waals surface area contributed by atoms with E-state index < -0.39 is 12.1 Å². The van der Waals surface area contributed by atoms with Crippen LogP contribution in [0.25, 0.3) is 0 Å². The molecule has 0 atom stereocenters. The third-order valence-corrected chi connectivity index (χ3v) is 7.03. The summed E-state index contributed by atoms with van der Waals surface area (Å²) in [5.41, 5.74) is 8.64. The molecule has 12 heteroatoms. The van der Waals surface area contributed by atoms with E-state index in [1.807, 2.05) is 65.6 Å². The highest BCUT2D eigenvalue weighted by Gasteiger charge is 2.20. The van der Waals surface area contributed by atoms with Gasteiger partial charge in [0.25, 0.3) is 5.91 Å². The third kappa shape index (κ3) is 11.4. The molecule has 0 bridgehead atoms. The molecule has 3 amide bonds. The first-order valence-electron chi connectivity index (χ1n) is 14.8. The van der Waals surface area contributed by atoms with Gasteiger partial charge in [-0.05, 0) is 29.3 Å². The number of nitrogens with one attached hydrogen (secondary N) is 2. The van der Waals surface area contributed by atoms with Gasteiger partial charge in [0.2, 0.25) is 11.9 Å². The molecule has 0 aliphatic carbocycles. The third-order valence-electron chi connectivity index (χ3n) is 7.03. The second-order valence-electron chi connectivity index (χ2n) is 10.4. The number of carbonyl (C=O) groups is 4. The summed E-state index contributed by atoms with van der Waals surface area (Å²) in [6.07, 6.45) is -0.433. The van der Waals surface area contributed by atoms with Gasteiger partial charge in [-0.15, -0.1) is 4.99 Å². The molecule has 1 heterocycles. The van der Waals surface area contributed by atoms with E-state index in [-0.39, 0.29) is 50.4 Å². The Hall–Kier alpha value is -5.23. The van der Waals surface area contributed by atoms with Crippen LogP contribution >= 0.6 is 0 Å². The minimum atomic E-state index is -0.740. The van der Waals surface area contributed by atoms with Crippen molar-refractivity contribution in [2.45, 2.75) is 26.1 Å². The second kappa shape index (κ2) is 17.2. The fourth-order valence-corrected chi connectivity index (χ4v) is 4.53. The van der Waals surface area contributed by atoms with Crippen LogP contribution in [-0.4, -0.2) is 78.9 Å². The van der Waals surface area contributed by atoms with Gasteiger partial charge in [-0.25, -0.2) is 4.79 Å². The quantitative estimate of drug-likeness (QED) is 0.158. The average Bonchev–Trinajstić information content (AvgIpc) is 3.06. The molecule has 3 aromatic rings. The standard InChI is InChI=1S/C33H38N6O6/c34-32(37-33(43)45-24-26-10-5-2-6-11-26)39-20-18-38(19-21-39)17-15-29(40)36-28-13-7-12-27(22-28)31(42)35-16-14-30(41)44-23-25-8-3-1-4-9-25/h1-13,22H,14-21,23-24H2,(H,35,42)(H,36,40)(H2,34,37,43). The van der Waals surface area contributed by atoms with E-state index in [0.717, 1.165) is 11.1 Å². The smallest absolute Gasteiger partial charge is 0.437 e. The lowest BCUT2D eigenvalue weighted by Gasteiger charge is -2.34. The molecule has 1 saturated heterocycles. The van der Waals surface area contributed by atoms with Gasteiger partial charge in [0, 0.05) is 56.9 Å². The Morgan fingerprint density at radius 1 is 0.778 bits per heavy atom. The average molecular weight is 615 g/mol. The predicted octanol–water partition coefficient (Wildman–Crippen LogP) is 3.15. The Bertz CT molecular complexity index is 1460. The summed E-state index contributed by atoms with van der Waals surface area (Å²) in [6, 6.07) is 25.3. The van der Waals surface area contributed by atoms with E-state index in [4.69, 9.17) is 15.2 Å². The number of rotatable bonds is 12. The van der Waals surface area contributed by atoms with E-state index >= 15 is 0 Å². The number of amides is 3. The van der Waals surface area contributed by atoms with E-state index in [9.17, 15) is 19.2 Å². The minimum Gasteiger partial charge on any atom is -0.461 e. The molecule has 236 valence electrons. The van der Waals surface area contributed by atoms with Gasteiger partial charge in [-0.3, -0.25) is 19.3 Å². The second-order valence-corrected chi connectivity index (χ2v) is 10.4. The van der Waals surface area contributed by atoms with E-state index in [1.165, 1.54) is 0 Å². The number of guanidine groups is 1. The zero-order valence-corrected chi connectivity index (χ0v) is 25.0. The van der Waals surface area contributed by atoms with Crippen molar-refractivity contribution < 1.29 is 28.7 Å². The Balaban J connectivity index is 1.11. The molecule has 4 N–H and O–H groups in total. The molecule has 1 aliphatic heterocycles. The molecular formula is C33H38N6O6. The van der Waals surface area contributed by atoms with Crippen LogP contribution in [0.4, 0.5) is 10.5 Å². The van der Waals surface area contributed by atoms with Crippen LogP contribution in [-0.2, 0) is 32.3 Å². The number of esters is 1. The predicted molar refractivity (Wildman–Crippen MR) is 169 cm³/mol. The molecule has 1 aliphatic rings. The number of hydrogen-bond donors (Lipinski definition) is 3. The SMILES string of the molecule is NC(=NC(=O)OCc1ccccc1)N1CCN(CCC(=O)Nc2cccc(C(=O)NCCC(=O)OCc3ccccc3)c2)CC1. The molecule has 4 rings (SSSR count). The van der Waals surface area contributed by atoms with Crippen LogP contribution in [0.1, 0.15) is 34.3 Å². The lowest BCUT2D eigenvalue weighted by atomic mass is 10.2. The summed E-state index contributed by atoms with van der Waals surface area (Å²) in [5.74, 6) is -0.833. The first-order chi connectivity index (χ1) is 21.9. The molecule has 0 radical (unpaired) electrons. The van der Waals surface area contributed by atoms with Crippen molar-refractivity contribution in [1.82, 2.24) is 15.1 Å². The summed E-state index contributed by atoms with van der Waals surface area (Å²) in [4.78, 5) is 57.0. The monoisotopic (exact) mass is 614 g/mol. The lowest BCUT2D eigenvalue weighted by molar-refractivity contribution is -0.144. The highest BCUT2D eigenvalue weighted by atomic mass is 16.5. The van der Waals surface area contributed by atoms with Crippen molar-refractivity contribution in [2.75, 3.05) is 44.6 Å². The molecule has 0 aromatic heterocycles. The largest absolute Gasteiger partial charge is 0.461 e. The van der Waals surface area contributed by atoms with Crippen LogP contribution in [0.3, 0.4) is 0 Å². The van der Waals surface area contributed by atoms with Gasteiger partial charge < -0.3 is 30.7 Å². The maximum Gasteiger partial charge on any atom is 0.437 e. The first kappa shape index (κ1) is 32.7. The van der Waals surface area contributed by atoms with E-state index in [0.29, 0.717) is 44.0 Å². The number of anilines is 1. The van der Waals surface area contributed by atoms with Gasteiger partial charge in [0.15, 0.2) is 0 Å². The van der Waals surface area contributed by atoms with Gasteiger partial charge in [-0.2, -0.15) is 0 Å². The van der Waals surface area contributed by atoms with Crippen LogP contribution in [0.15, 0.2) is 89.9 Å². The van der Waals surface area contributed by atoms with Crippen molar-refractivity contribution in [2.24, 2.45) is 10.7 Å². The Morgan fingerprint density at radius 3 is 2.09 bits per heavy atom.